The standard InChI is InChI=1S/C21H23ClF3N3O/c22-14-8-13(9-21(24,25)10-14)11-26-20(29)17-2-1-3-18-16(17)4-5-19(27-18)28-7-6-15(23)12-28/h1-5,13-15H,6-12H2,(H,26,29). The van der Waals surface area contributed by atoms with Gasteiger partial charge in [0.15, 0.2) is 0 Å². The molecule has 4 rings (SSSR count). The van der Waals surface area contributed by atoms with Gasteiger partial charge in [-0.3, -0.25) is 4.79 Å². The maximum Gasteiger partial charge on any atom is 0.251 e. The van der Waals surface area contributed by atoms with Gasteiger partial charge in [0.1, 0.15) is 12.0 Å². The molecule has 8 heteroatoms. The first kappa shape index (κ1) is 20.3. The van der Waals surface area contributed by atoms with Crippen LogP contribution in [-0.4, -0.2) is 48.0 Å². The van der Waals surface area contributed by atoms with E-state index in [2.05, 4.69) is 10.3 Å². The number of hydrogen-bond donors (Lipinski definition) is 1. The van der Waals surface area contributed by atoms with Crippen molar-refractivity contribution in [3.05, 3.63) is 35.9 Å². The highest BCUT2D eigenvalue weighted by Crippen LogP contribution is 2.38. The van der Waals surface area contributed by atoms with Crippen LogP contribution in [0, 0.1) is 5.92 Å². The number of carbonyl (C=O) groups is 1. The maximum absolute atomic E-state index is 13.7. The van der Waals surface area contributed by atoms with Crippen molar-refractivity contribution in [1.29, 1.82) is 0 Å². The van der Waals surface area contributed by atoms with E-state index in [1.54, 1.807) is 24.3 Å². The second-order valence-corrected chi connectivity index (χ2v) is 8.66. The summed E-state index contributed by atoms with van der Waals surface area (Å²) in [6, 6.07) is 8.82. The number of fused-ring (bicyclic) bond motifs is 1. The molecule has 1 amide bonds. The Morgan fingerprint density at radius 3 is 2.83 bits per heavy atom. The van der Waals surface area contributed by atoms with Crippen molar-refractivity contribution in [1.82, 2.24) is 10.3 Å². The third-order valence-electron chi connectivity index (χ3n) is 5.66. The second kappa shape index (κ2) is 8.01. The lowest BCUT2D eigenvalue weighted by molar-refractivity contribution is -0.0501. The van der Waals surface area contributed by atoms with Gasteiger partial charge in [-0.15, -0.1) is 11.6 Å². The summed E-state index contributed by atoms with van der Waals surface area (Å²) in [7, 11) is 0. The van der Waals surface area contributed by atoms with E-state index in [0.717, 1.165) is 0 Å². The molecule has 2 aliphatic rings. The predicted octanol–water partition coefficient (Wildman–Crippen LogP) is 4.56. The number of pyridine rings is 1. The molecule has 4 nitrogen and oxygen atoms in total. The molecule has 0 spiro atoms. The van der Waals surface area contributed by atoms with Gasteiger partial charge in [-0.1, -0.05) is 6.07 Å². The number of aromatic nitrogens is 1. The number of anilines is 1. The fourth-order valence-electron chi connectivity index (χ4n) is 4.29. The molecule has 1 aliphatic heterocycles. The molecule has 29 heavy (non-hydrogen) atoms. The predicted molar refractivity (Wildman–Crippen MR) is 108 cm³/mol. The number of carbonyl (C=O) groups excluding carboxylic acids is 1. The summed E-state index contributed by atoms with van der Waals surface area (Å²) in [5, 5.41) is 2.88. The van der Waals surface area contributed by atoms with Gasteiger partial charge >= 0.3 is 0 Å². The van der Waals surface area contributed by atoms with Crippen LogP contribution in [0.25, 0.3) is 10.9 Å². The molecular formula is C21H23ClF3N3O. The van der Waals surface area contributed by atoms with Crippen molar-refractivity contribution in [2.24, 2.45) is 5.92 Å². The first-order valence-electron chi connectivity index (χ1n) is 9.89. The van der Waals surface area contributed by atoms with Gasteiger partial charge in [0.05, 0.1) is 12.1 Å². The van der Waals surface area contributed by atoms with Crippen LogP contribution in [0.15, 0.2) is 30.3 Å². The molecule has 3 unspecified atom stereocenters. The monoisotopic (exact) mass is 425 g/mol. The van der Waals surface area contributed by atoms with Crippen LogP contribution in [0.5, 0.6) is 0 Å². The van der Waals surface area contributed by atoms with Crippen LogP contribution in [0.4, 0.5) is 19.0 Å². The fraction of sp³-hybridized carbons (Fsp3) is 0.524. The second-order valence-electron chi connectivity index (χ2n) is 8.05. The molecule has 3 atom stereocenters. The van der Waals surface area contributed by atoms with Crippen molar-refractivity contribution >= 4 is 34.2 Å². The minimum Gasteiger partial charge on any atom is -0.354 e. The van der Waals surface area contributed by atoms with Crippen LogP contribution in [0.3, 0.4) is 0 Å². The van der Waals surface area contributed by atoms with Crippen LogP contribution in [-0.2, 0) is 0 Å². The number of alkyl halides is 4. The highest BCUT2D eigenvalue weighted by atomic mass is 35.5. The van der Waals surface area contributed by atoms with Crippen LogP contribution >= 0.6 is 11.6 Å². The zero-order chi connectivity index (χ0) is 20.6. The normalized spacial score (nSPS) is 26.6. The maximum atomic E-state index is 13.7. The minimum absolute atomic E-state index is 0.158. The first-order chi connectivity index (χ1) is 13.8. The lowest BCUT2D eigenvalue weighted by Crippen LogP contribution is -2.38. The molecule has 0 radical (unpaired) electrons. The summed E-state index contributed by atoms with van der Waals surface area (Å²) in [6.45, 7) is 1.10. The van der Waals surface area contributed by atoms with Gasteiger partial charge in [-0.25, -0.2) is 18.2 Å². The lowest BCUT2D eigenvalue weighted by atomic mass is 9.86. The smallest absolute Gasteiger partial charge is 0.251 e. The van der Waals surface area contributed by atoms with E-state index in [1.807, 2.05) is 11.0 Å². The average molecular weight is 426 g/mol. The van der Waals surface area contributed by atoms with E-state index in [9.17, 15) is 18.0 Å². The molecule has 2 heterocycles. The number of amides is 1. The lowest BCUT2D eigenvalue weighted by Gasteiger charge is -2.32. The summed E-state index contributed by atoms with van der Waals surface area (Å²) < 4.78 is 40.9. The molecular weight excluding hydrogens is 403 g/mol. The van der Waals surface area contributed by atoms with Crippen molar-refractivity contribution in [2.75, 3.05) is 24.5 Å². The number of rotatable bonds is 4. The van der Waals surface area contributed by atoms with E-state index in [4.69, 9.17) is 11.6 Å². The van der Waals surface area contributed by atoms with Crippen molar-refractivity contribution in [3.8, 4) is 0 Å². The Kier molecular flexibility index (Phi) is 5.60. The third kappa shape index (κ3) is 4.60. The molecule has 2 aromatic rings. The Labute approximate surface area is 172 Å². The minimum atomic E-state index is -2.78. The molecule has 1 saturated carbocycles. The summed E-state index contributed by atoms with van der Waals surface area (Å²) in [5.74, 6) is -2.77. The molecule has 1 saturated heterocycles. The number of benzene rings is 1. The van der Waals surface area contributed by atoms with Crippen molar-refractivity contribution < 1.29 is 18.0 Å². The Morgan fingerprint density at radius 2 is 2.10 bits per heavy atom. The first-order valence-corrected chi connectivity index (χ1v) is 10.3. The Bertz CT molecular complexity index is 910. The van der Waals surface area contributed by atoms with Crippen molar-refractivity contribution in [2.45, 2.75) is 43.2 Å². The quantitative estimate of drug-likeness (QED) is 0.730. The van der Waals surface area contributed by atoms with Crippen LogP contribution < -0.4 is 10.2 Å². The Morgan fingerprint density at radius 1 is 1.28 bits per heavy atom. The SMILES string of the molecule is O=C(NCC1CC(Cl)CC(F)(F)C1)c1cccc2nc(N3CCC(F)C3)ccc12. The largest absolute Gasteiger partial charge is 0.354 e. The summed E-state index contributed by atoms with van der Waals surface area (Å²) >= 11 is 5.96. The Hall–Kier alpha value is -2.02. The van der Waals surface area contributed by atoms with Crippen molar-refractivity contribution in [3.63, 3.8) is 0 Å². The van der Waals surface area contributed by atoms with Gasteiger partial charge in [-0.05, 0) is 43.0 Å². The molecule has 2 fully saturated rings. The number of halogens is 4. The average Bonchev–Trinajstić information content (AvgIpc) is 3.10. The van der Waals surface area contributed by atoms with E-state index in [0.29, 0.717) is 48.2 Å². The zero-order valence-electron chi connectivity index (χ0n) is 15.9. The molecule has 1 aliphatic carbocycles. The van der Waals surface area contributed by atoms with E-state index in [1.165, 1.54) is 0 Å². The Balaban J connectivity index is 1.47. The van der Waals surface area contributed by atoms with Gasteiger partial charge < -0.3 is 10.2 Å². The highest BCUT2D eigenvalue weighted by molar-refractivity contribution is 6.20. The van der Waals surface area contributed by atoms with Gasteiger partial charge in [0.25, 0.3) is 5.91 Å². The summed E-state index contributed by atoms with van der Waals surface area (Å²) in [5.41, 5.74) is 1.08. The van der Waals surface area contributed by atoms with Gasteiger partial charge in [0, 0.05) is 42.3 Å². The van der Waals surface area contributed by atoms with Gasteiger partial charge in [-0.2, -0.15) is 0 Å². The van der Waals surface area contributed by atoms with Gasteiger partial charge in [0.2, 0.25) is 5.92 Å². The number of hydrogen-bond acceptors (Lipinski definition) is 3. The zero-order valence-corrected chi connectivity index (χ0v) is 16.6. The topological polar surface area (TPSA) is 45.2 Å². The van der Waals surface area contributed by atoms with E-state index >= 15 is 0 Å². The molecule has 0 bridgehead atoms. The summed E-state index contributed by atoms with van der Waals surface area (Å²) in [4.78, 5) is 19.2. The van der Waals surface area contributed by atoms with E-state index in [-0.39, 0.29) is 31.2 Å². The highest BCUT2D eigenvalue weighted by Gasteiger charge is 2.40. The number of nitrogens with zero attached hydrogens (tertiary/aromatic N) is 2. The van der Waals surface area contributed by atoms with Crippen LogP contribution in [0.1, 0.15) is 36.0 Å². The summed E-state index contributed by atoms with van der Waals surface area (Å²) in [6.07, 6.45) is -0.461. The fourth-order valence-corrected chi connectivity index (χ4v) is 4.77. The van der Waals surface area contributed by atoms with Crippen LogP contribution in [0.2, 0.25) is 0 Å². The molecule has 1 aromatic heterocycles. The number of nitrogens with one attached hydrogen (secondary N) is 1. The van der Waals surface area contributed by atoms with E-state index < -0.39 is 17.5 Å². The molecule has 156 valence electrons. The molecule has 1 N–H and O–H groups in total. The third-order valence-corrected chi connectivity index (χ3v) is 6.00. The molecule has 1 aromatic carbocycles.